The van der Waals surface area contributed by atoms with Crippen LogP contribution in [0.25, 0.3) is 0 Å². The lowest BCUT2D eigenvalue weighted by molar-refractivity contribution is -0.129. The highest BCUT2D eigenvalue weighted by Gasteiger charge is 2.62. The average Bonchev–Trinajstić information content (AvgIpc) is 2.18. The molecule has 0 amide bonds. The molecule has 1 atom stereocenters. The number of halogens is 2. The molecule has 1 aromatic rings. The molecule has 0 saturated heterocycles. The van der Waals surface area contributed by atoms with E-state index in [1.54, 1.807) is 0 Å². The summed E-state index contributed by atoms with van der Waals surface area (Å²) in [6.07, 6.45) is 0.420. The van der Waals surface area contributed by atoms with Crippen molar-refractivity contribution in [2.75, 3.05) is 0 Å². The summed E-state index contributed by atoms with van der Waals surface area (Å²) in [4.78, 5) is 11.3. The standard InChI is InChI=1S/C12H12Cl2O/c1-8-3-5-9(6-4-8)11(2)7-10(15)12(11,13)14/h3-6H,7H2,1-2H3. The molecular formula is C12H12Cl2O. The molecule has 0 spiro atoms. The first-order chi connectivity index (χ1) is 6.88. The van der Waals surface area contributed by atoms with E-state index >= 15 is 0 Å². The smallest absolute Gasteiger partial charge is 0.185 e. The molecule has 0 radical (unpaired) electrons. The van der Waals surface area contributed by atoms with Gasteiger partial charge in [-0.05, 0) is 12.5 Å². The Morgan fingerprint density at radius 2 is 1.73 bits per heavy atom. The zero-order valence-corrected chi connectivity index (χ0v) is 10.2. The number of Topliss-reactive ketones (excluding diaryl/α,β-unsaturated/α-hetero) is 1. The topological polar surface area (TPSA) is 17.1 Å². The van der Waals surface area contributed by atoms with Crippen molar-refractivity contribution in [2.45, 2.75) is 30.0 Å². The first-order valence-corrected chi connectivity index (χ1v) is 5.62. The van der Waals surface area contributed by atoms with Gasteiger partial charge in [0.05, 0.1) is 0 Å². The second-order valence-electron chi connectivity index (χ2n) is 4.37. The summed E-state index contributed by atoms with van der Waals surface area (Å²) in [5.74, 6) is -0.0890. The van der Waals surface area contributed by atoms with Crippen LogP contribution >= 0.6 is 23.2 Å². The fourth-order valence-electron chi connectivity index (χ4n) is 1.95. The van der Waals surface area contributed by atoms with E-state index in [-0.39, 0.29) is 5.78 Å². The number of carbonyl (C=O) groups is 1. The van der Waals surface area contributed by atoms with Crippen LogP contribution in [0, 0.1) is 6.92 Å². The molecular weight excluding hydrogens is 231 g/mol. The molecule has 0 N–H and O–H groups in total. The van der Waals surface area contributed by atoms with Gasteiger partial charge in [0.25, 0.3) is 0 Å². The van der Waals surface area contributed by atoms with E-state index < -0.39 is 9.75 Å². The van der Waals surface area contributed by atoms with Crippen molar-refractivity contribution in [3.63, 3.8) is 0 Å². The summed E-state index contributed by atoms with van der Waals surface area (Å²) in [6.45, 7) is 3.95. The Hall–Kier alpha value is -0.530. The number of ketones is 1. The highest BCUT2D eigenvalue weighted by atomic mass is 35.5. The van der Waals surface area contributed by atoms with Crippen molar-refractivity contribution in [2.24, 2.45) is 0 Å². The maximum Gasteiger partial charge on any atom is 0.185 e. The predicted molar refractivity (Wildman–Crippen MR) is 62.6 cm³/mol. The van der Waals surface area contributed by atoms with Crippen LogP contribution in [0.3, 0.4) is 0 Å². The Kier molecular flexibility index (Phi) is 2.36. The van der Waals surface area contributed by atoms with Crippen LogP contribution in [0.2, 0.25) is 0 Å². The Morgan fingerprint density at radius 3 is 2.13 bits per heavy atom. The van der Waals surface area contributed by atoms with Gasteiger partial charge in [0.2, 0.25) is 0 Å². The minimum Gasteiger partial charge on any atom is -0.296 e. The fraction of sp³-hybridized carbons (Fsp3) is 0.417. The molecule has 0 aliphatic heterocycles. The zero-order chi connectivity index (χ0) is 11.3. The molecule has 15 heavy (non-hydrogen) atoms. The zero-order valence-electron chi connectivity index (χ0n) is 8.68. The van der Waals surface area contributed by atoms with Crippen LogP contribution in [0.5, 0.6) is 0 Å². The maximum atomic E-state index is 11.3. The number of hydrogen-bond donors (Lipinski definition) is 0. The van der Waals surface area contributed by atoms with E-state index in [0.717, 1.165) is 5.56 Å². The number of carbonyl (C=O) groups excluding carboxylic acids is 1. The highest BCUT2D eigenvalue weighted by molar-refractivity contribution is 6.61. The third kappa shape index (κ3) is 1.41. The average molecular weight is 243 g/mol. The largest absolute Gasteiger partial charge is 0.296 e. The lowest BCUT2D eigenvalue weighted by atomic mass is 9.64. The van der Waals surface area contributed by atoms with Crippen LogP contribution in [0.4, 0.5) is 0 Å². The van der Waals surface area contributed by atoms with Crippen molar-refractivity contribution in [3.8, 4) is 0 Å². The van der Waals surface area contributed by atoms with E-state index in [0.29, 0.717) is 6.42 Å². The number of rotatable bonds is 1. The summed E-state index contributed by atoms with van der Waals surface area (Å²) in [5, 5.41) is 0. The van der Waals surface area contributed by atoms with Gasteiger partial charge in [-0.15, -0.1) is 0 Å². The molecule has 1 nitrogen and oxygen atoms in total. The first kappa shape index (κ1) is 11.0. The van der Waals surface area contributed by atoms with E-state index in [1.807, 2.05) is 38.1 Å². The van der Waals surface area contributed by atoms with Crippen molar-refractivity contribution in [1.82, 2.24) is 0 Å². The van der Waals surface area contributed by atoms with Gasteiger partial charge in [-0.2, -0.15) is 0 Å². The lowest BCUT2D eigenvalue weighted by Gasteiger charge is -2.48. The molecule has 3 heteroatoms. The summed E-state index contributed by atoms with van der Waals surface area (Å²) in [6, 6.07) is 7.99. The third-order valence-electron chi connectivity index (χ3n) is 3.25. The van der Waals surface area contributed by atoms with Crippen molar-refractivity contribution < 1.29 is 4.79 Å². The van der Waals surface area contributed by atoms with Gasteiger partial charge in [-0.25, -0.2) is 0 Å². The number of alkyl halides is 2. The Morgan fingerprint density at radius 1 is 1.20 bits per heavy atom. The quantitative estimate of drug-likeness (QED) is 0.691. The SMILES string of the molecule is Cc1ccc(C2(C)CC(=O)C2(Cl)Cl)cc1. The maximum absolute atomic E-state index is 11.3. The van der Waals surface area contributed by atoms with Crippen LogP contribution < -0.4 is 0 Å². The molecule has 0 bridgehead atoms. The first-order valence-electron chi connectivity index (χ1n) is 4.86. The summed E-state index contributed by atoms with van der Waals surface area (Å²) in [7, 11) is 0. The second kappa shape index (κ2) is 3.23. The monoisotopic (exact) mass is 242 g/mol. The van der Waals surface area contributed by atoms with Gasteiger partial charge in [-0.1, -0.05) is 60.0 Å². The van der Waals surface area contributed by atoms with Gasteiger partial charge in [0.15, 0.2) is 10.1 Å². The van der Waals surface area contributed by atoms with Gasteiger partial charge in [0.1, 0.15) is 0 Å². The minimum atomic E-state index is -1.26. The molecule has 0 heterocycles. The molecule has 80 valence electrons. The van der Waals surface area contributed by atoms with Crippen LogP contribution in [0.15, 0.2) is 24.3 Å². The highest BCUT2D eigenvalue weighted by Crippen LogP contribution is 2.55. The molecule has 2 rings (SSSR count). The van der Waals surface area contributed by atoms with Gasteiger partial charge in [0, 0.05) is 11.8 Å². The van der Waals surface area contributed by atoms with Crippen molar-refractivity contribution in [3.05, 3.63) is 35.4 Å². The lowest BCUT2D eigenvalue weighted by Crippen LogP contribution is -2.59. The minimum absolute atomic E-state index is 0.0890. The summed E-state index contributed by atoms with van der Waals surface area (Å²) in [5.41, 5.74) is 1.77. The molecule has 1 aromatic carbocycles. The molecule has 1 fully saturated rings. The second-order valence-corrected chi connectivity index (χ2v) is 5.70. The molecule has 0 aromatic heterocycles. The Balaban J connectivity index is 2.40. The fourth-order valence-corrected chi connectivity index (χ4v) is 2.43. The summed E-state index contributed by atoms with van der Waals surface area (Å²) < 4.78 is -1.26. The Labute approximate surface area is 99.4 Å². The van der Waals surface area contributed by atoms with Crippen molar-refractivity contribution >= 4 is 29.0 Å². The molecule has 1 unspecified atom stereocenters. The summed E-state index contributed by atoms with van der Waals surface area (Å²) >= 11 is 12.1. The number of benzene rings is 1. The predicted octanol–water partition coefficient (Wildman–Crippen LogP) is 3.40. The number of aryl methyl sites for hydroxylation is 1. The van der Waals surface area contributed by atoms with Gasteiger partial charge >= 0.3 is 0 Å². The Bertz CT molecular complexity index is 408. The molecule has 1 aliphatic rings. The normalized spacial score (nSPS) is 28.7. The van der Waals surface area contributed by atoms with Crippen LogP contribution in [-0.2, 0) is 10.2 Å². The van der Waals surface area contributed by atoms with E-state index in [4.69, 9.17) is 23.2 Å². The molecule has 1 saturated carbocycles. The third-order valence-corrected chi connectivity index (χ3v) is 4.50. The molecule has 1 aliphatic carbocycles. The van der Waals surface area contributed by atoms with E-state index in [1.165, 1.54) is 5.56 Å². The van der Waals surface area contributed by atoms with Gasteiger partial charge < -0.3 is 0 Å². The van der Waals surface area contributed by atoms with Gasteiger partial charge in [-0.3, -0.25) is 4.79 Å². The van der Waals surface area contributed by atoms with Crippen molar-refractivity contribution in [1.29, 1.82) is 0 Å². The van der Waals surface area contributed by atoms with E-state index in [2.05, 4.69) is 0 Å². The van der Waals surface area contributed by atoms with E-state index in [9.17, 15) is 4.79 Å². The van der Waals surface area contributed by atoms with Crippen LogP contribution in [0.1, 0.15) is 24.5 Å². The number of hydrogen-bond acceptors (Lipinski definition) is 1. The van der Waals surface area contributed by atoms with Crippen LogP contribution in [-0.4, -0.2) is 10.1 Å².